The predicted octanol–water partition coefficient (Wildman–Crippen LogP) is 4.49. The van der Waals surface area contributed by atoms with Gasteiger partial charge >= 0.3 is 5.97 Å². The number of unbranched alkanes of at least 4 members (excludes halogenated alkanes) is 3. The number of fused-ring (bicyclic) bond motifs is 1. The molecule has 0 saturated carbocycles. The van der Waals surface area contributed by atoms with Crippen molar-refractivity contribution in [2.75, 3.05) is 6.61 Å². The second-order valence-electron chi connectivity index (χ2n) is 5.50. The molecule has 0 aliphatic heterocycles. The molecule has 0 fully saturated rings. The van der Waals surface area contributed by atoms with E-state index in [9.17, 15) is 4.79 Å². The van der Waals surface area contributed by atoms with Crippen molar-refractivity contribution in [3.63, 3.8) is 0 Å². The molecule has 0 aliphatic carbocycles. The lowest BCUT2D eigenvalue weighted by Gasteiger charge is -2.06. The molecule has 22 heavy (non-hydrogen) atoms. The molecule has 0 N–H and O–H groups in total. The van der Waals surface area contributed by atoms with Crippen LogP contribution in [-0.2, 0) is 16.0 Å². The van der Waals surface area contributed by atoms with Gasteiger partial charge in [-0.2, -0.15) is 0 Å². The zero-order chi connectivity index (χ0) is 15.8. The standard InChI is InChI=1S/C20H22O2/c1-3-5-6-7-12-22-20(21)15-17-9-11-18-13-16(4-2)8-10-19(18)14-17/h2,8-11,13-14H,3,5-7,12,15H2,1H3. The minimum Gasteiger partial charge on any atom is -0.465 e. The van der Waals surface area contributed by atoms with Crippen LogP contribution in [0.4, 0.5) is 0 Å². The molecule has 0 spiro atoms. The number of hydrogen-bond donors (Lipinski definition) is 0. The van der Waals surface area contributed by atoms with Crippen molar-refractivity contribution in [3.8, 4) is 12.3 Å². The molecule has 0 unspecified atom stereocenters. The number of benzene rings is 2. The van der Waals surface area contributed by atoms with E-state index in [0.717, 1.165) is 34.7 Å². The minimum atomic E-state index is -0.156. The average Bonchev–Trinajstić information content (AvgIpc) is 2.54. The van der Waals surface area contributed by atoms with Gasteiger partial charge in [-0.3, -0.25) is 4.79 Å². The zero-order valence-corrected chi connectivity index (χ0v) is 13.1. The van der Waals surface area contributed by atoms with Crippen LogP contribution in [0.3, 0.4) is 0 Å². The van der Waals surface area contributed by atoms with Gasteiger partial charge in [-0.25, -0.2) is 0 Å². The summed E-state index contributed by atoms with van der Waals surface area (Å²) in [5, 5.41) is 2.18. The zero-order valence-electron chi connectivity index (χ0n) is 13.1. The van der Waals surface area contributed by atoms with Gasteiger partial charge in [0.15, 0.2) is 0 Å². The van der Waals surface area contributed by atoms with Crippen LogP contribution in [-0.4, -0.2) is 12.6 Å². The molecule has 0 aliphatic rings. The third-order valence-corrected chi connectivity index (χ3v) is 3.68. The molecule has 0 amide bonds. The molecule has 2 rings (SSSR count). The van der Waals surface area contributed by atoms with Crippen LogP contribution in [0.5, 0.6) is 0 Å². The van der Waals surface area contributed by atoms with E-state index in [2.05, 4.69) is 12.8 Å². The minimum absolute atomic E-state index is 0.156. The van der Waals surface area contributed by atoms with Gasteiger partial charge < -0.3 is 4.74 Å². The van der Waals surface area contributed by atoms with Gasteiger partial charge in [0.1, 0.15) is 0 Å². The van der Waals surface area contributed by atoms with E-state index in [0.29, 0.717) is 13.0 Å². The molecule has 0 atom stereocenters. The van der Waals surface area contributed by atoms with Crippen LogP contribution in [0, 0.1) is 12.3 Å². The summed E-state index contributed by atoms with van der Waals surface area (Å²) in [6, 6.07) is 11.9. The SMILES string of the molecule is C#Cc1ccc2cc(CC(=O)OCCCCCC)ccc2c1. The predicted molar refractivity (Wildman–Crippen MR) is 90.7 cm³/mol. The van der Waals surface area contributed by atoms with Crippen molar-refractivity contribution < 1.29 is 9.53 Å². The fraction of sp³-hybridized carbons (Fsp3) is 0.350. The maximum atomic E-state index is 11.8. The summed E-state index contributed by atoms with van der Waals surface area (Å²) in [6.45, 7) is 2.69. The molecule has 0 aromatic heterocycles. The van der Waals surface area contributed by atoms with E-state index in [-0.39, 0.29) is 5.97 Å². The van der Waals surface area contributed by atoms with Gasteiger partial charge in [-0.15, -0.1) is 6.42 Å². The maximum absolute atomic E-state index is 11.8. The number of hydrogen-bond acceptors (Lipinski definition) is 2. The van der Waals surface area contributed by atoms with Gasteiger partial charge in [0.25, 0.3) is 0 Å². The molecular weight excluding hydrogens is 272 g/mol. The Balaban J connectivity index is 1.91. The molecule has 114 valence electrons. The third kappa shape index (κ3) is 4.63. The van der Waals surface area contributed by atoms with E-state index < -0.39 is 0 Å². The normalized spacial score (nSPS) is 10.4. The number of ether oxygens (including phenoxy) is 1. The molecule has 0 heterocycles. The van der Waals surface area contributed by atoms with E-state index in [1.54, 1.807) is 0 Å². The number of terminal acetylenes is 1. The summed E-state index contributed by atoms with van der Waals surface area (Å²) in [5.74, 6) is 2.47. The Morgan fingerprint density at radius 3 is 2.64 bits per heavy atom. The Morgan fingerprint density at radius 1 is 1.09 bits per heavy atom. The molecule has 0 radical (unpaired) electrons. The smallest absolute Gasteiger partial charge is 0.310 e. The van der Waals surface area contributed by atoms with Crippen LogP contribution >= 0.6 is 0 Å². The molecule has 0 bridgehead atoms. The second kappa shape index (κ2) is 8.24. The van der Waals surface area contributed by atoms with Crippen LogP contribution in [0.2, 0.25) is 0 Å². The number of rotatable bonds is 7. The average molecular weight is 294 g/mol. The summed E-state index contributed by atoms with van der Waals surface area (Å²) in [7, 11) is 0. The monoisotopic (exact) mass is 294 g/mol. The Hall–Kier alpha value is -2.27. The lowest BCUT2D eigenvalue weighted by Crippen LogP contribution is -2.09. The van der Waals surface area contributed by atoms with Gasteiger partial charge in [0.2, 0.25) is 0 Å². The van der Waals surface area contributed by atoms with E-state index in [1.165, 1.54) is 12.8 Å². The summed E-state index contributed by atoms with van der Waals surface area (Å²) < 4.78 is 5.28. The first-order valence-corrected chi connectivity index (χ1v) is 7.88. The molecule has 2 aromatic rings. The molecule has 2 aromatic carbocycles. The highest BCUT2D eigenvalue weighted by Crippen LogP contribution is 2.18. The third-order valence-electron chi connectivity index (χ3n) is 3.68. The van der Waals surface area contributed by atoms with Crippen LogP contribution < -0.4 is 0 Å². The number of esters is 1. The van der Waals surface area contributed by atoms with E-state index in [1.807, 2.05) is 36.4 Å². The first kappa shape index (κ1) is 16.1. The molecule has 0 saturated heterocycles. The molecular formula is C20H22O2. The van der Waals surface area contributed by atoms with Crippen molar-refractivity contribution >= 4 is 16.7 Å². The van der Waals surface area contributed by atoms with Crippen molar-refractivity contribution in [1.82, 2.24) is 0 Å². The first-order chi connectivity index (χ1) is 10.7. The van der Waals surface area contributed by atoms with Crippen molar-refractivity contribution in [2.45, 2.75) is 39.0 Å². The van der Waals surface area contributed by atoms with E-state index >= 15 is 0 Å². The fourth-order valence-electron chi connectivity index (χ4n) is 2.43. The molecule has 2 nitrogen and oxygen atoms in total. The summed E-state index contributed by atoms with van der Waals surface area (Å²) in [4.78, 5) is 11.8. The number of carbonyl (C=O) groups excluding carboxylic acids is 1. The maximum Gasteiger partial charge on any atom is 0.310 e. The lowest BCUT2D eigenvalue weighted by molar-refractivity contribution is -0.142. The Morgan fingerprint density at radius 2 is 1.86 bits per heavy atom. The fourth-order valence-corrected chi connectivity index (χ4v) is 2.43. The summed E-state index contributed by atoms with van der Waals surface area (Å²) in [6.07, 6.45) is 10.2. The van der Waals surface area contributed by atoms with Crippen LogP contribution in [0.1, 0.15) is 43.7 Å². The highest BCUT2D eigenvalue weighted by atomic mass is 16.5. The van der Waals surface area contributed by atoms with Crippen molar-refractivity contribution in [3.05, 3.63) is 47.5 Å². The van der Waals surface area contributed by atoms with Crippen LogP contribution in [0.25, 0.3) is 10.8 Å². The van der Waals surface area contributed by atoms with Crippen molar-refractivity contribution in [2.24, 2.45) is 0 Å². The Bertz CT molecular complexity index is 680. The quantitative estimate of drug-likeness (QED) is 0.427. The highest BCUT2D eigenvalue weighted by molar-refractivity contribution is 5.85. The summed E-state index contributed by atoms with van der Waals surface area (Å²) >= 11 is 0. The van der Waals surface area contributed by atoms with Gasteiger partial charge in [-0.05, 0) is 34.9 Å². The van der Waals surface area contributed by atoms with Crippen LogP contribution in [0.15, 0.2) is 36.4 Å². The van der Waals surface area contributed by atoms with Gasteiger partial charge in [-0.1, -0.05) is 56.4 Å². The van der Waals surface area contributed by atoms with Gasteiger partial charge in [0, 0.05) is 5.56 Å². The number of carbonyl (C=O) groups is 1. The lowest BCUT2D eigenvalue weighted by atomic mass is 10.0. The van der Waals surface area contributed by atoms with Crippen molar-refractivity contribution in [1.29, 1.82) is 0 Å². The summed E-state index contributed by atoms with van der Waals surface area (Å²) in [5.41, 5.74) is 1.84. The topological polar surface area (TPSA) is 26.3 Å². The Kier molecular flexibility index (Phi) is 6.03. The van der Waals surface area contributed by atoms with E-state index in [4.69, 9.17) is 11.2 Å². The largest absolute Gasteiger partial charge is 0.465 e. The molecule has 2 heteroatoms. The second-order valence-corrected chi connectivity index (χ2v) is 5.50. The Labute approximate surface area is 132 Å². The van der Waals surface area contributed by atoms with Gasteiger partial charge in [0.05, 0.1) is 13.0 Å². The first-order valence-electron chi connectivity index (χ1n) is 7.88. The highest BCUT2D eigenvalue weighted by Gasteiger charge is 2.06.